The van der Waals surface area contributed by atoms with Gasteiger partial charge in [-0.3, -0.25) is 0 Å². The molecular weight excluding hydrogens is 182 g/mol. The molecule has 0 atom stereocenters. The highest BCUT2D eigenvalue weighted by molar-refractivity contribution is 5.35. The normalized spacial score (nSPS) is 11.7. The number of benzene rings is 1. The van der Waals surface area contributed by atoms with Gasteiger partial charge in [0.2, 0.25) is 0 Å². The molecule has 1 aromatic rings. The molecule has 0 aliphatic carbocycles. The standard InChI is InChI=1S/C12H13N.C2H6/c1-3-10-6-5-7-11(8-9-13)12(10)4-2;1-2/h3-7H,8H2,1-2H3;1-2H3/b10-3-,12-4+;. The van der Waals surface area contributed by atoms with Gasteiger partial charge in [-0.15, -0.1) is 0 Å². The van der Waals surface area contributed by atoms with Gasteiger partial charge in [-0.2, -0.15) is 5.26 Å². The second kappa shape index (κ2) is 7.82. The predicted molar refractivity (Wildman–Crippen MR) is 66.6 cm³/mol. The Morgan fingerprint density at radius 2 is 1.87 bits per heavy atom. The predicted octanol–water partition coefficient (Wildman–Crippen LogP) is 2.38. The van der Waals surface area contributed by atoms with E-state index in [0.29, 0.717) is 6.42 Å². The third kappa shape index (κ3) is 3.59. The van der Waals surface area contributed by atoms with Crippen molar-refractivity contribution in [2.45, 2.75) is 34.1 Å². The van der Waals surface area contributed by atoms with Gasteiger partial charge >= 0.3 is 0 Å². The minimum absolute atomic E-state index is 0.487. The average Bonchev–Trinajstić information content (AvgIpc) is 2.31. The van der Waals surface area contributed by atoms with E-state index in [4.69, 9.17) is 5.26 Å². The summed E-state index contributed by atoms with van der Waals surface area (Å²) in [5, 5.41) is 11.0. The van der Waals surface area contributed by atoms with Crippen molar-refractivity contribution in [3.8, 4) is 6.07 Å². The van der Waals surface area contributed by atoms with Gasteiger partial charge in [0, 0.05) is 0 Å². The van der Waals surface area contributed by atoms with Crippen LogP contribution in [0, 0.1) is 11.3 Å². The fourth-order valence-corrected chi connectivity index (χ4v) is 1.48. The Labute approximate surface area is 92.4 Å². The van der Waals surface area contributed by atoms with Crippen molar-refractivity contribution in [2.24, 2.45) is 0 Å². The minimum atomic E-state index is 0.487. The summed E-state index contributed by atoms with van der Waals surface area (Å²) in [6.07, 6.45) is 4.61. The maximum Gasteiger partial charge on any atom is 0.0669 e. The van der Waals surface area contributed by atoms with Crippen molar-refractivity contribution in [2.75, 3.05) is 0 Å². The molecule has 0 fully saturated rings. The van der Waals surface area contributed by atoms with Gasteiger partial charge < -0.3 is 0 Å². The molecule has 0 aromatic heterocycles. The summed E-state index contributed by atoms with van der Waals surface area (Å²) in [6, 6.07) is 8.24. The van der Waals surface area contributed by atoms with Crippen LogP contribution in [0.15, 0.2) is 18.2 Å². The molecule has 0 aliphatic rings. The first-order valence-corrected chi connectivity index (χ1v) is 5.41. The first-order chi connectivity index (χ1) is 7.33. The summed E-state index contributed by atoms with van der Waals surface area (Å²) in [4.78, 5) is 0. The van der Waals surface area contributed by atoms with Crippen LogP contribution in [-0.2, 0) is 6.42 Å². The van der Waals surface area contributed by atoms with Crippen LogP contribution >= 0.6 is 0 Å². The second-order valence-corrected chi connectivity index (χ2v) is 2.83. The monoisotopic (exact) mass is 201 g/mol. The lowest BCUT2D eigenvalue weighted by Gasteiger charge is -1.96. The van der Waals surface area contributed by atoms with E-state index in [1.807, 2.05) is 39.8 Å². The Hall–Kier alpha value is -1.55. The topological polar surface area (TPSA) is 23.8 Å². The first kappa shape index (κ1) is 13.4. The molecule has 0 aliphatic heterocycles. The van der Waals surface area contributed by atoms with Gasteiger partial charge in [-0.05, 0) is 29.8 Å². The highest BCUT2D eigenvalue weighted by Crippen LogP contribution is 1.89. The van der Waals surface area contributed by atoms with Crippen LogP contribution < -0.4 is 10.4 Å². The summed E-state index contributed by atoms with van der Waals surface area (Å²) in [7, 11) is 0. The van der Waals surface area contributed by atoms with E-state index < -0.39 is 0 Å². The maximum atomic E-state index is 8.63. The second-order valence-electron chi connectivity index (χ2n) is 2.83. The van der Waals surface area contributed by atoms with Gasteiger partial charge in [0.25, 0.3) is 0 Å². The van der Waals surface area contributed by atoms with E-state index in [-0.39, 0.29) is 0 Å². The van der Waals surface area contributed by atoms with Crippen LogP contribution in [-0.4, -0.2) is 0 Å². The molecule has 0 bridgehead atoms. The van der Waals surface area contributed by atoms with Crippen molar-refractivity contribution < 1.29 is 0 Å². The van der Waals surface area contributed by atoms with E-state index in [2.05, 4.69) is 24.3 Å². The van der Waals surface area contributed by atoms with Crippen LogP contribution in [0.4, 0.5) is 0 Å². The van der Waals surface area contributed by atoms with Gasteiger partial charge in [-0.1, -0.05) is 44.2 Å². The van der Waals surface area contributed by atoms with E-state index in [9.17, 15) is 0 Å². The molecule has 0 heterocycles. The van der Waals surface area contributed by atoms with E-state index in [1.165, 1.54) is 10.4 Å². The Kier molecular flexibility index (Phi) is 7.01. The summed E-state index contributed by atoms with van der Waals surface area (Å²) in [5.74, 6) is 0. The molecule has 0 saturated heterocycles. The lowest BCUT2D eigenvalue weighted by molar-refractivity contribution is 1.22. The molecule has 1 heteroatoms. The molecule has 0 spiro atoms. The molecule has 0 amide bonds. The van der Waals surface area contributed by atoms with Gasteiger partial charge in [-0.25, -0.2) is 0 Å². The van der Waals surface area contributed by atoms with Crippen LogP contribution in [0.1, 0.15) is 33.3 Å². The smallest absolute Gasteiger partial charge is 0.0669 e. The Bertz CT molecular complexity index is 435. The zero-order valence-corrected chi connectivity index (χ0v) is 10.0. The Balaban J connectivity index is 0.000000921. The van der Waals surface area contributed by atoms with Crippen molar-refractivity contribution >= 4 is 12.2 Å². The molecule has 80 valence electrons. The van der Waals surface area contributed by atoms with Crippen molar-refractivity contribution in [3.05, 3.63) is 34.2 Å². The number of hydrogen-bond donors (Lipinski definition) is 0. The molecule has 1 nitrogen and oxygen atoms in total. The van der Waals surface area contributed by atoms with Gasteiger partial charge in [0.05, 0.1) is 12.5 Å². The fraction of sp³-hybridized carbons (Fsp3) is 0.357. The highest BCUT2D eigenvalue weighted by Gasteiger charge is 1.93. The van der Waals surface area contributed by atoms with Crippen molar-refractivity contribution in [1.82, 2.24) is 0 Å². The molecule has 15 heavy (non-hydrogen) atoms. The largest absolute Gasteiger partial charge is 0.198 e. The van der Waals surface area contributed by atoms with Crippen molar-refractivity contribution in [1.29, 1.82) is 5.26 Å². The number of rotatable bonds is 1. The number of hydrogen-bond acceptors (Lipinski definition) is 1. The lowest BCUT2D eigenvalue weighted by Crippen LogP contribution is -2.27. The molecule has 0 saturated carbocycles. The van der Waals surface area contributed by atoms with Gasteiger partial charge in [0.1, 0.15) is 0 Å². The molecular formula is C14H19N. The average molecular weight is 201 g/mol. The third-order valence-electron chi connectivity index (χ3n) is 2.10. The maximum absolute atomic E-state index is 8.63. The summed E-state index contributed by atoms with van der Waals surface area (Å²) >= 11 is 0. The summed E-state index contributed by atoms with van der Waals surface area (Å²) in [6.45, 7) is 8.02. The molecule has 0 unspecified atom stereocenters. The van der Waals surface area contributed by atoms with E-state index in [1.54, 1.807) is 0 Å². The quantitative estimate of drug-likeness (QED) is 0.684. The van der Waals surface area contributed by atoms with Crippen LogP contribution in [0.2, 0.25) is 0 Å². The van der Waals surface area contributed by atoms with Crippen molar-refractivity contribution in [3.63, 3.8) is 0 Å². The first-order valence-electron chi connectivity index (χ1n) is 5.41. The molecule has 1 rings (SSSR count). The molecule has 0 N–H and O–H groups in total. The lowest BCUT2D eigenvalue weighted by atomic mass is 10.1. The van der Waals surface area contributed by atoms with E-state index in [0.717, 1.165) is 5.56 Å². The van der Waals surface area contributed by atoms with E-state index >= 15 is 0 Å². The Morgan fingerprint density at radius 3 is 2.33 bits per heavy atom. The Morgan fingerprint density at radius 1 is 1.20 bits per heavy atom. The van der Waals surface area contributed by atoms with Crippen LogP contribution in [0.25, 0.3) is 12.2 Å². The zero-order valence-electron chi connectivity index (χ0n) is 10.0. The zero-order chi connectivity index (χ0) is 11.7. The van der Waals surface area contributed by atoms with Gasteiger partial charge in [0.15, 0.2) is 0 Å². The molecule has 1 aromatic carbocycles. The van der Waals surface area contributed by atoms with Crippen LogP contribution in [0.5, 0.6) is 0 Å². The highest BCUT2D eigenvalue weighted by atomic mass is 14.2. The number of nitrogens with zero attached hydrogens (tertiary/aromatic N) is 1. The van der Waals surface area contributed by atoms with Crippen LogP contribution in [0.3, 0.4) is 0 Å². The summed E-state index contributed by atoms with van der Waals surface area (Å²) in [5.41, 5.74) is 1.11. The SMILES string of the molecule is C/C=c1/cccc(CC#N)/c1=C/C.CC. The summed E-state index contributed by atoms with van der Waals surface area (Å²) < 4.78 is 0. The molecule has 0 radical (unpaired) electrons. The third-order valence-corrected chi connectivity index (χ3v) is 2.10. The fourth-order valence-electron chi connectivity index (χ4n) is 1.48. The minimum Gasteiger partial charge on any atom is -0.198 e. The number of nitriles is 1.